The van der Waals surface area contributed by atoms with Crippen LogP contribution in [0.2, 0.25) is 20.4 Å². The van der Waals surface area contributed by atoms with Crippen LogP contribution < -0.4 is 19.5 Å². The first-order chi connectivity index (χ1) is 22.7. The lowest BCUT2D eigenvalue weighted by atomic mass is 10.0. The molecule has 0 unspecified atom stereocenters. The Morgan fingerprint density at radius 2 is 1.06 bits per heavy atom. The van der Waals surface area contributed by atoms with Crippen molar-refractivity contribution < 1.29 is 14.2 Å². The first kappa shape index (κ1) is 36.0. The average molecular weight is 716 g/mol. The third-order valence-electron chi connectivity index (χ3n) is 7.22. The van der Waals surface area contributed by atoms with Crippen LogP contribution in [0.25, 0.3) is 0 Å². The Balaban J connectivity index is 0.000000229. The summed E-state index contributed by atoms with van der Waals surface area (Å²) in [5.74, 6) is 2.41. The van der Waals surface area contributed by atoms with E-state index in [1.165, 1.54) is 0 Å². The normalized spacial score (nSPS) is 10.6. The monoisotopic (exact) mass is 713 g/mol. The number of anilines is 2. The molecule has 0 aliphatic carbocycles. The summed E-state index contributed by atoms with van der Waals surface area (Å²) in [4.78, 5) is 17.5. The second kappa shape index (κ2) is 17.4. The summed E-state index contributed by atoms with van der Waals surface area (Å²) in [7, 11) is 4.79. The molecule has 0 amide bonds. The number of rotatable bonds is 11. The van der Waals surface area contributed by atoms with Gasteiger partial charge < -0.3 is 19.5 Å². The molecule has 0 spiro atoms. The van der Waals surface area contributed by atoms with Crippen molar-refractivity contribution in [1.82, 2.24) is 19.9 Å². The summed E-state index contributed by atoms with van der Waals surface area (Å²) in [6, 6.07) is 16.9. The number of aryl methyl sites for hydroxylation is 2. The summed E-state index contributed by atoms with van der Waals surface area (Å²) in [6.07, 6.45) is 6.67. The smallest absolute Gasteiger partial charge is 0.227 e. The van der Waals surface area contributed by atoms with Gasteiger partial charge in [0.05, 0.1) is 47.8 Å². The summed E-state index contributed by atoms with van der Waals surface area (Å²) < 4.78 is 15.8. The van der Waals surface area contributed by atoms with Gasteiger partial charge >= 0.3 is 0 Å². The number of nitrogens with zero attached hydrogens (tertiary/aromatic N) is 4. The van der Waals surface area contributed by atoms with Gasteiger partial charge in [-0.15, -0.1) is 0 Å². The van der Waals surface area contributed by atoms with Gasteiger partial charge in [-0.1, -0.05) is 60.8 Å². The average Bonchev–Trinajstić information content (AvgIpc) is 3.08. The van der Waals surface area contributed by atoms with E-state index >= 15 is 0 Å². The maximum Gasteiger partial charge on any atom is 0.227 e. The Morgan fingerprint density at radius 3 is 1.57 bits per heavy atom. The highest BCUT2D eigenvalue weighted by Crippen LogP contribution is 2.30. The van der Waals surface area contributed by atoms with E-state index in [2.05, 4.69) is 34.1 Å². The molecule has 47 heavy (non-hydrogen) atoms. The Morgan fingerprint density at radius 1 is 0.596 bits per heavy atom. The fourth-order valence-electron chi connectivity index (χ4n) is 4.70. The molecule has 3 aromatic carbocycles. The predicted octanol–water partition coefficient (Wildman–Crippen LogP) is 9.64. The number of ether oxygens (including phenoxy) is 3. The van der Waals surface area contributed by atoms with Crippen LogP contribution in [0.1, 0.15) is 47.5 Å². The van der Waals surface area contributed by atoms with Crippen LogP contribution >= 0.6 is 46.4 Å². The first-order valence-electron chi connectivity index (χ1n) is 14.8. The van der Waals surface area contributed by atoms with Gasteiger partial charge in [-0.2, -0.15) is 0 Å². The van der Waals surface area contributed by atoms with E-state index in [9.17, 15) is 0 Å². The van der Waals surface area contributed by atoms with Crippen LogP contribution in [0, 0.1) is 0 Å². The Labute approximate surface area is 295 Å². The van der Waals surface area contributed by atoms with Crippen molar-refractivity contribution in [2.24, 2.45) is 0 Å². The molecule has 0 aliphatic heterocycles. The van der Waals surface area contributed by atoms with Gasteiger partial charge in [0, 0.05) is 37.0 Å². The van der Waals surface area contributed by atoms with Crippen molar-refractivity contribution in [3.8, 4) is 17.2 Å². The standard InChI is InChI=1S/C21H21Cl2N3O2.C14H14Cl2N2O/c1-4-14-12-24-21(25-15-6-8-17(23)20(11-15)28-3)26-18(14)9-13-5-7-16(22)19(10-13)27-2;1-3-10-8-17-14(16)18-12(10)6-9-4-5-11(15)13(7-9)19-2/h5-8,10-12H,4,9H2,1-3H3,(H,24,25,26);4-5,7-8H,3,6H2,1-2H3. The molecule has 2 aromatic heterocycles. The van der Waals surface area contributed by atoms with Crippen molar-refractivity contribution in [2.45, 2.75) is 39.5 Å². The van der Waals surface area contributed by atoms with Crippen molar-refractivity contribution in [1.29, 1.82) is 0 Å². The second-order valence-electron chi connectivity index (χ2n) is 10.2. The second-order valence-corrected chi connectivity index (χ2v) is 11.8. The minimum absolute atomic E-state index is 0.271. The van der Waals surface area contributed by atoms with Crippen molar-refractivity contribution >= 4 is 58.0 Å². The van der Waals surface area contributed by atoms with Crippen LogP contribution in [0.15, 0.2) is 67.0 Å². The largest absolute Gasteiger partial charge is 0.495 e. The molecule has 0 saturated heterocycles. The fourth-order valence-corrected chi connectivity index (χ4v) is 5.43. The third kappa shape index (κ3) is 9.84. The lowest BCUT2D eigenvalue weighted by Gasteiger charge is -2.12. The molecule has 0 fully saturated rings. The maximum absolute atomic E-state index is 6.13. The Hall–Kier alpha value is -3.82. The van der Waals surface area contributed by atoms with Gasteiger partial charge in [0.1, 0.15) is 17.2 Å². The molecule has 246 valence electrons. The number of methoxy groups -OCH3 is 3. The lowest BCUT2D eigenvalue weighted by molar-refractivity contribution is 0.414. The van der Waals surface area contributed by atoms with E-state index in [1.807, 2.05) is 54.7 Å². The fraction of sp³-hybridized carbons (Fsp3) is 0.257. The molecule has 0 atom stereocenters. The van der Waals surface area contributed by atoms with Crippen molar-refractivity contribution in [3.63, 3.8) is 0 Å². The first-order valence-corrected chi connectivity index (χ1v) is 16.3. The summed E-state index contributed by atoms with van der Waals surface area (Å²) in [5, 5.41) is 5.21. The molecule has 5 aromatic rings. The van der Waals surface area contributed by atoms with Crippen LogP contribution in [-0.2, 0) is 25.7 Å². The highest BCUT2D eigenvalue weighted by atomic mass is 35.5. The molecule has 8 nitrogen and oxygen atoms in total. The van der Waals surface area contributed by atoms with E-state index in [1.54, 1.807) is 33.6 Å². The van der Waals surface area contributed by atoms with E-state index in [0.29, 0.717) is 51.1 Å². The minimum atomic E-state index is 0.271. The number of nitrogens with one attached hydrogen (secondary N) is 1. The predicted molar refractivity (Wildman–Crippen MR) is 191 cm³/mol. The molecule has 0 aliphatic rings. The van der Waals surface area contributed by atoms with E-state index in [-0.39, 0.29) is 5.28 Å². The topological polar surface area (TPSA) is 91.3 Å². The number of halogens is 4. The van der Waals surface area contributed by atoms with Gasteiger partial charge in [-0.25, -0.2) is 19.9 Å². The molecule has 2 heterocycles. The summed E-state index contributed by atoms with van der Waals surface area (Å²) in [5.41, 5.74) is 7.01. The molecule has 0 radical (unpaired) electrons. The molecule has 5 rings (SSSR count). The van der Waals surface area contributed by atoms with E-state index < -0.39 is 0 Å². The minimum Gasteiger partial charge on any atom is -0.495 e. The zero-order valence-corrected chi connectivity index (χ0v) is 29.7. The van der Waals surface area contributed by atoms with E-state index in [0.717, 1.165) is 52.2 Å². The lowest BCUT2D eigenvalue weighted by Crippen LogP contribution is -2.05. The molecule has 1 N–H and O–H groups in total. The van der Waals surface area contributed by atoms with Gasteiger partial charge in [0.15, 0.2) is 0 Å². The van der Waals surface area contributed by atoms with Gasteiger partial charge in [-0.05, 0) is 83.1 Å². The van der Waals surface area contributed by atoms with Crippen molar-refractivity contribution in [3.05, 3.63) is 121 Å². The molecule has 0 bridgehead atoms. The third-order valence-corrected chi connectivity index (χ3v) is 8.34. The highest BCUT2D eigenvalue weighted by Gasteiger charge is 2.11. The number of benzene rings is 3. The van der Waals surface area contributed by atoms with Gasteiger partial charge in [0.25, 0.3) is 0 Å². The summed E-state index contributed by atoms with van der Waals surface area (Å²) >= 11 is 24.1. The Bertz CT molecular complexity index is 1820. The number of aromatic nitrogens is 4. The van der Waals surface area contributed by atoms with E-state index in [4.69, 9.17) is 65.6 Å². The summed E-state index contributed by atoms with van der Waals surface area (Å²) in [6.45, 7) is 4.15. The SMILES string of the molecule is CCc1cnc(Cl)nc1Cc1ccc(Cl)c(OC)c1.CCc1cnc(Nc2ccc(Cl)c(OC)c2)nc1Cc1ccc(Cl)c(OC)c1. The van der Waals surface area contributed by atoms with Crippen LogP contribution in [0.5, 0.6) is 17.2 Å². The molecular formula is C35H35Cl4N5O3. The van der Waals surface area contributed by atoms with Crippen LogP contribution in [0.4, 0.5) is 11.6 Å². The van der Waals surface area contributed by atoms with Crippen molar-refractivity contribution in [2.75, 3.05) is 26.6 Å². The number of hydrogen-bond acceptors (Lipinski definition) is 8. The Kier molecular flexibility index (Phi) is 13.3. The molecule has 12 heteroatoms. The molecular weight excluding hydrogens is 680 g/mol. The van der Waals surface area contributed by atoms with Gasteiger partial charge in [-0.3, -0.25) is 0 Å². The van der Waals surface area contributed by atoms with Crippen LogP contribution in [-0.4, -0.2) is 41.3 Å². The zero-order chi connectivity index (χ0) is 33.9. The van der Waals surface area contributed by atoms with Crippen LogP contribution in [0.3, 0.4) is 0 Å². The number of hydrogen-bond donors (Lipinski definition) is 1. The maximum atomic E-state index is 6.13. The molecule has 0 saturated carbocycles. The van der Waals surface area contributed by atoms with Gasteiger partial charge in [0.2, 0.25) is 11.2 Å². The quantitative estimate of drug-likeness (QED) is 0.135. The highest BCUT2D eigenvalue weighted by molar-refractivity contribution is 6.32. The zero-order valence-electron chi connectivity index (χ0n) is 26.7.